The normalized spacial score (nSPS) is 10.8. The first kappa shape index (κ1) is 21.6. The molecule has 154 valence electrons. The Morgan fingerprint density at radius 1 is 1.07 bits per heavy atom. The number of hydrogen-bond donors (Lipinski definition) is 1. The van der Waals surface area contributed by atoms with Gasteiger partial charge in [-0.05, 0) is 59.7 Å². The number of amides is 1. The fraction of sp³-hybridized carbons (Fsp3) is 0.0909. The smallest absolute Gasteiger partial charge is 0.272 e. The molecule has 0 aromatic heterocycles. The maximum Gasteiger partial charge on any atom is 0.272 e. The first-order valence-corrected chi connectivity index (χ1v) is 9.55. The Kier molecular flexibility index (Phi) is 7.27. The number of hydrogen-bond acceptors (Lipinski definition) is 4. The van der Waals surface area contributed by atoms with Gasteiger partial charge in [0.1, 0.15) is 12.4 Å². The summed E-state index contributed by atoms with van der Waals surface area (Å²) in [7, 11) is 1.52. The molecule has 30 heavy (non-hydrogen) atoms. The fourth-order valence-corrected chi connectivity index (χ4v) is 3.02. The largest absolute Gasteiger partial charge is 0.493 e. The number of nitrogens with zero attached hydrogens (tertiary/aromatic N) is 1. The summed E-state index contributed by atoms with van der Waals surface area (Å²) >= 11 is 11.8. The third-order valence-corrected chi connectivity index (χ3v) is 4.60. The van der Waals surface area contributed by atoms with Crippen molar-refractivity contribution in [2.75, 3.05) is 7.11 Å². The second kappa shape index (κ2) is 10.1. The lowest BCUT2D eigenvalue weighted by atomic mass is 10.2. The number of hydrazone groups is 1. The van der Waals surface area contributed by atoms with Gasteiger partial charge in [-0.3, -0.25) is 4.79 Å². The minimum atomic E-state index is -0.459. The van der Waals surface area contributed by atoms with Crippen molar-refractivity contribution in [3.8, 4) is 11.5 Å². The first-order valence-electron chi connectivity index (χ1n) is 8.80. The molecule has 0 fully saturated rings. The maximum absolute atomic E-state index is 13.0. The Morgan fingerprint density at radius 2 is 1.83 bits per heavy atom. The van der Waals surface area contributed by atoms with E-state index < -0.39 is 5.91 Å². The second-order valence-corrected chi connectivity index (χ2v) is 6.99. The Balaban J connectivity index is 1.63. The van der Waals surface area contributed by atoms with E-state index in [1.54, 1.807) is 36.4 Å². The Morgan fingerprint density at radius 3 is 2.53 bits per heavy atom. The highest BCUT2D eigenvalue weighted by atomic mass is 35.5. The first-order chi connectivity index (χ1) is 14.5. The van der Waals surface area contributed by atoms with E-state index in [1.807, 2.05) is 0 Å². The molecule has 0 aliphatic rings. The van der Waals surface area contributed by atoms with Gasteiger partial charge in [0.2, 0.25) is 0 Å². The molecule has 0 radical (unpaired) electrons. The number of carbonyl (C=O) groups is 1. The maximum atomic E-state index is 13.0. The van der Waals surface area contributed by atoms with Crippen molar-refractivity contribution < 1.29 is 18.7 Å². The summed E-state index contributed by atoms with van der Waals surface area (Å²) < 4.78 is 24.1. The summed E-state index contributed by atoms with van der Waals surface area (Å²) in [5.41, 5.74) is 4.19. The molecule has 0 saturated carbocycles. The lowest BCUT2D eigenvalue weighted by Gasteiger charge is -2.11. The van der Waals surface area contributed by atoms with Gasteiger partial charge in [0.25, 0.3) is 5.91 Å². The summed E-state index contributed by atoms with van der Waals surface area (Å²) in [6.07, 6.45) is 1.47. The number of ether oxygens (including phenoxy) is 2. The van der Waals surface area contributed by atoms with Crippen LogP contribution in [0.3, 0.4) is 0 Å². The molecule has 0 spiro atoms. The van der Waals surface area contributed by atoms with Crippen LogP contribution in [0, 0.1) is 5.82 Å². The van der Waals surface area contributed by atoms with Crippen molar-refractivity contribution in [3.63, 3.8) is 0 Å². The summed E-state index contributed by atoms with van der Waals surface area (Å²) in [5.74, 6) is 0.258. The minimum Gasteiger partial charge on any atom is -0.493 e. The highest BCUT2D eigenvalue weighted by Crippen LogP contribution is 2.28. The van der Waals surface area contributed by atoms with Crippen molar-refractivity contribution in [3.05, 3.63) is 93.2 Å². The quantitative estimate of drug-likeness (QED) is 0.385. The van der Waals surface area contributed by atoms with E-state index in [-0.39, 0.29) is 23.0 Å². The van der Waals surface area contributed by atoms with Gasteiger partial charge >= 0.3 is 0 Å². The number of halogens is 3. The van der Waals surface area contributed by atoms with Gasteiger partial charge in [-0.25, -0.2) is 9.82 Å². The molecule has 1 N–H and O–H groups in total. The summed E-state index contributed by atoms with van der Waals surface area (Å²) in [5, 5.41) is 4.61. The van der Waals surface area contributed by atoms with Crippen molar-refractivity contribution in [1.29, 1.82) is 0 Å². The van der Waals surface area contributed by atoms with Gasteiger partial charge in [-0.2, -0.15) is 5.10 Å². The van der Waals surface area contributed by atoms with Gasteiger partial charge < -0.3 is 9.47 Å². The third-order valence-electron chi connectivity index (χ3n) is 4.05. The van der Waals surface area contributed by atoms with Crippen LogP contribution in [-0.4, -0.2) is 19.2 Å². The highest BCUT2D eigenvalue weighted by molar-refractivity contribution is 6.36. The van der Waals surface area contributed by atoms with Crippen LogP contribution in [0.4, 0.5) is 4.39 Å². The van der Waals surface area contributed by atoms with Gasteiger partial charge in [0, 0.05) is 5.02 Å². The number of carbonyl (C=O) groups excluding carboxylic acids is 1. The van der Waals surface area contributed by atoms with Gasteiger partial charge in [-0.15, -0.1) is 0 Å². The standard InChI is InChI=1S/C22H17Cl2FN2O3/c1-29-21-10-15(4-9-20(21)30-13-14-2-6-17(25)7-3-14)12-26-27-22(28)18-8-5-16(23)11-19(18)24/h2-12H,13H2,1H3,(H,27,28)/b26-12-. The zero-order valence-electron chi connectivity index (χ0n) is 15.9. The van der Waals surface area contributed by atoms with Crippen molar-refractivity contribution in [2.45, 2.75) is 6.61 Å². The third kappa shape index (κ3) is 5.72. The summed E-state index contributed by atoms with van der Waals surface area (Å²) in [6.45, 7) is 0.266. The van der Waals surface area contributed by atoms with E-state index in [9.17, 15) is 9.18 Å². The monoisotopic (exact) mass is 446 g/mol. The Bertz CT molecular complexity index is 1070. The van der Waals surface area contributed by atoms with Crippen LogP contribution in [0.1, 0.15) is 21.5 Å². The summed E-state index contributed by atoms with van der Waals surface area (Å²) in [4.78, 5) is 12.2. The molecule has 0 atom stereocenters. The van der Waals surface area contributed by atoms with Crippen LogP contribution in [-0.2, 0) is 6.61 Å². The molecule has 3 aromatic rings. The number of rotatable bonds is 7. The lowest BCUT2D eigenvalue weighted by molar-refractivity contribution is 0.0955. The van der Waals surface area contributed by atoms with Crippen LogP contribution in [0.15, 0.2) is 65.8 Å². The molecular formula is C22H17Cl2FN2O3. The summed E-state index contributed by atoms with van der Waals surface area (Å²) in [6, 6.07) is 15.8. The topological polar surface area (TPSA) is 59.9 Å². The lowest BCUT2D eigenvalue weighted by Crippen LogP contribution is -2.18. The fourth-order valence-electron chi connectivity index (χ4n) is 2.52. The van der Waals surface area contributed by atoms with E-state index in [1.165, 1.54) is 37.6 Å². The van der Waals surface area contributed by atoms with Crippen LogP contribution < -0.4 is 14.9 Å². The molecule has 8 heteroatoms. The Hall–Kier alpha value is -3.09. The van der Waals surface area contributed by atoms with E-state index in [0.29, 0.717) is 22.1 Å². The van der Waals surface area contributed by atoms with Crippen LogP contribution >= 0.6 is 23.2 Å². The van der Waals surface area contributed by atoms with Gasteiger partial charge in [-0.1, -0.05) is 35.3 Å². The molecule has 1 amide bonds. The van der Waals surface area contributed by atoms with Crippen LogP contribution in [0.5, 0.6) is 11.5 Å². The average Bonchev–Trinajstić information content (AvgIpc) is 2.73. The van der Waals surface area contributed by atoms with Crippen molar-refractivity contribution in [1.82, 2.24) is 5.43 Å². The predicted octanol–water partition coefficient (Wildman–Crippen LogP) is 5.48. The zero-order valence-corrected chi connectivity index (χ0v) is 17.4. The molecule has 0 unspecified atom stereocenters. The van der Waals surface area contributed by atoms with Crippen molar-refractivity contribution in [2.24, 2.45) is 5.10 Å². The second-order valence-electron chi connectivity index (χ2n) is 6.15. The molecular weight excluding hydrogens is 430 g/mol. The average molecular weight is 447 g/mol. The predicted molar refractivity (Wildman–Crippen MR) is 115 cm³/mol. The van der Waals surface area contributed by atoms with Gasteiger partial charge in [0.15, 0.2) is 11.5 Å². The molecule has 0 aliphatic heterocycles. The number of methoxy groups -OCH3 is 1. The number of benzene rings is 3. The zero-order chi connectivity index (χ0) is 21.5. The molecule has 5 nitrogen and oxygen atoms in total. The Labute approximate surface area is 183 Å². The van der Waals surface area contributed by atoms with E-state index in [2.05, 4.69) is 10.5 Å². The van der Waals surface area contributed by atoms with Crippen molar-refractivity contribution >= 4 is 35.3 Å². The molecule has 3 rings (SSSR count). The van der Waals surface area contributed by atoms with E-state index >= 15 is 0 Å². The highest BCUT2D eigenvalue weighted by Gasteiger charge is 2.10. The minimum absolute atomic E-state index is 0.236. The molecule has 3 aromatic carbocycles. The van der Waals surface area contributed by atoms with E-state index in [4.69, 9.17) is 32.7 Å². The molecule has 0 aliphatic carbocycles. The molecule has 0 saturated heterocycles. The van der Waals surface area contributed by atoms with Gasteiger partial charge in [0.05, 0.1) is 23.9 Å². The van der Waals surface area contributed by atoms with E-state index in [0.717, 1.165) is 5.56 Å². The molecule has 0 bridgehead atoms. The molecule has 0 heterocycles. The van der Waals surface area contributed by atoms with Crippen LogP contribution in [0.2, 0.25) is 10.0 Å². The SMILES string of the molecule is COc1cc(/C=N\NC(=O)c2ccc(Cl)cc2Cl)ccc1OCc1ccc(F)cc1. The van der Waals surface area contributed by atoms with Crippen LogP contribution in [0.25, 0.3) is 0 Å². The number of nitrogens with one attached hydrogen (secondary N) is 1.